The average Bonchev–Trinajstić information content (AvgIpc) is 3.38. The number of aromatic nitrogens is 2. The van der Waals surface area contributed by atoms with Gasteiger partial charge in [-0.2, -0.15) is 5.10 Å². The fourth-order valence-corrected chi connectivity index (χ4v) is 4.83. The van der Waals surface area contributed by atoms with Gasteiger partial charge >= 0.3 is 6.03 Å². The molecule has 3 amide bonds. The minimum atomic E-state index is -0.0356. The van der Waals surface area contributed by atoms with E-state index in [0.717, 1.165) is 69.8 Å². The Morgan fingerprint density at radius 1 is 1.19 bits per heavy atom. The van der Waals surface area contributed by atoms with Gasteiger partial charge in [0.15, 0.2) is 0 Å². The maximum Gasteiger partial charge on any atom is 0.323 e. The molecule has 0 radical (unpaired) electrons. The standard InChI is InChI=1S/C20H31N5O2/c1-15-12-18(25(22-15)17-7-2-3-8-17)21-20(27)24-11-4-6-16(14-24)13-23-10-5-9-19(23)26/h12,16-17H,2-11,13-14H2,1H3,(H,21,27)/t16-/m0/s1. The second-order valence-corrected chi connectivity index (χ2v) is 8.38. The minimum Gasteiger partial charge on any atom is -0.342 e. The van der Waals surface area contributed by atoms with Crippen LogP contribution in [0, 0.1) is 12.8 Å². The molecule has 3 fully saturated rings. The Kier molecular flexibility index (Phi) is 5.36. The van der Waals surface area contributed by atoms with Crippen molar-refractivity contribution in [2.24, 2.45) is 5.92 Å². The van der Waals surface area contributed by atoms with Gasteiger partial charge in [-0.15, -0.1) is 0 Å². The fraction of sp³-hybridized carbons (Fsp3) is 0.750. The molecule has 2 aliphatic heterocycles. The first-order chi connectivity index (χ1) is 13.1. The Labute approximate surface area is 161 Å². The topological polar surface area (TPSA) is 70.5 Å². The third kappa shape index (κ3) is 4.12. The van der Waals surface area contributed by atoms with Crippen molar-refractivity contribution in [2.75, 3.05) is 31.5 Å². The largest absolute Gasteiger partial charge is 0.342 e. The first kappa shape index (κ1) is 18.3. The van der Waals surface area contributed by atoms with Crippen molar-refractivity contribution in [2.45, 2.75) is 64.3 Å². The fourth-order valence-electron chi connectivity index (χ4n) is 4.83. The summed E-state index contributed by atoms with van der Waals surface area (Å²) in [4.78, 5) is 28.7. The Balaban J connectivity index is 1.37. The number of amides is 3. The molecule has 1 saturated carbocycles. The van der Waals surface area contributed by atoms with E-state index in [1.54, 1.807) is 0 Å². The van der Waals surface area contributed by atoms with Gasteiger partial charge in [0, 0.05) is 38.7 Å². The summed E-state index contributed by atoms with van der Waals surface area (Å²) in [5.74, 6) is 1.47. The molecule has 1 N–H and O–H groups in total. The van der Waals surface area contributed by atoms with Crippen LogP contribution in [-0.4, -0.2) is 57.7 Å². The van der Waals surface area contributed by atoms with E-state index in [1.807, 2.05) is 27.5 Å². The molecule has 148 valence electrons. The van der Waals surface area contributed by atoms with Crippen LogP contribution in [0.3, 0.4) is 0 Å². The highest BCUT2D eigenvalue weighted by Gasteiger charge is 2.29. The van der Waals surface area contributed by atoms with Gasteiger partial charge in [0.1, 0.15) is 5.82 Å². The van der Waals surface area contributed by atoms with E-state index < -0.39 is 0 Å². The number of likely N-dealkylation sites (tertiary alicyclic amines) is 2. The predicted octanol–water partition coefficient (Wildman–Crippen LogP) is 3.17. The smallest absolute Gasteiger partial charge is 0.323 e. The average molecular weight is 374 g/mol. The van der Waals surface area contributed by atoms with Crippen molar-refractivity contribution in [1.82, 2.24) is 19.6 Å². The number of hydrogen-bond donors (Lipinski definition) is 1. The van der Waals surface area contributed by atoms with Gasteiger partial charge in [0.2, 0.25) is 5.91 Å². The van der Waals surface area contributed by atoms with E-state index in [0.29, 0.717) is 18.4 Å². The molecule has 1 aromatic heterocycles. The third-order valence-electron chi connectivity index (χ3n) is 6.22. The quantitative estimate of drug-likeness (QED) is 0.881. The highest BCUT2D eigenvalue weighted by atomic mass is 16.2. The molecule has 1 atom stereocenters. The molecule has 27 heavy (non-hydrogen) atoms. The van der Waals surface area contributed by atoms with Crippen LogP contribution >= 0.6 is 0 Å². The number of nitrogens with one attached hydrogen (secondary N) is 1. The molecule has 0 spiro atoms. The Morgan fingerprint density at radius 3 is 2.74 bits per heavy atom. The maximum atomic E-state index is 12.9. The van der Waals surface area contributed by atoms with Crippen LogP contribution in [-0.2, 0) is 4.79 Å². The summed E-state index contributed by atoms with van der Waals surface area (Å²) in [6.45, 7) is 5.16. The van der Waals surface area contributed by atoms with Crippen molar-refractivity contribution in [3.8, 4) is 0 Å². The highest BCUT2D eigenvalue weighted by molar-refractivity contribution is 5.88. The number of carbonyl (C=O) groups is 2. The van der Waals surface area contributed by atoms with Crippen molar-refractivity contribution in [3.05, 3.63) is 11.8 Å². The van der Waals surface area contributed by atoms with Crippen LogP contribution in [0.5, 0.6) is 0 Å². The number of piperidine rings is 1. The lowest BCUT2D eigenvalue weighted by Gasteiger charge is -2.34. The first-order valence-corrected chi connectivity index (χ1v) is 10.5. The summed E-state index contributed by atoms with van der Waals surface area (Å²) in [6.07, 6.45) is 8.49. The molecule has 1 aromatic rings. The number of nitrogens with zero attached hydrogens (tertiary/aromatic N) is 4. The molecule has 0 aromatic carbocycles. The lowest BCUT2D eigenvalue weighted by Crippen LogP contribution is -2.45. The first-order valence-electron chi connectivity index (χ1n) is 10.5. The lowest BCUT2D eigenvalue weighted by molar-refractivity contribution is -0.128. The second-order valence-electron chi connectivity index (χ2n) is 8.38. The van der Waals surface area contributed by atoms with Crippen LogP contribution < -0.4 is 5.32 Å². The van der Waals surface area contributed by atoms with Crippen molar-refractivity contribution >= 4 is 17.8 Å². The van der Waals surface area contributed by atoms with Crippen LogP contribution in [0.15, 0.2) is 6.07 Å². The SMILES string of the molecule is Cc1cc(NC(=O)N2CCC[C@@H](CN3CCCC3=O)C2)n(C2CCCC2)n1. The summed E-state index contributed by atoms with van der Waals surface area (Å²) in [7, 11) is 0. The van der Waals surface area contributed by atoms with Crippen molar-refractivity contribution in [3.63, 3.8) is 0 Å². The Hall–Kier alpha value is -2.05. The number of rotatable bonds is 4. The maximum absolute atomic E-state index is 12.9. The van der Waals surface area contributed by atoms with E-state index in [2.05, 4.69) is 10.4 Å². The Bertz CT molecular complexity index is 695. The predicted molar refractivity (Wildman–Crippen MR) is 104 cm³/mol. The van der Waals surface area contributed by atoms with Crippen LogP contribution in [0.2, 0.25) is 0 Å². The summed E-state index contributed by atoms with van der Waals surface area (Å²) >= 11 is 0. The number of hydrogen-bond acceptors (Lipinski definition) is 3. The van der Waals surface area contributed by atoms with Gasteiger partial charge in [-0.3, -0.25) is 10.1 Å². The molecule has 3 aliphatic rings. The second kappa shape index (κ2) is 7.90. The van der Waals surface area contributed by atoms with E-state index in [4.69, 9.17) is 0 Å². The van der Waals surface area contributed by atoms with Crippen LogP contribution in [0.4, 0.5) is 10.6 Å². The third-order valence-corrected chi connectivity index (χ3v) is 6.22. The molecule has 4 rings (SSSR count). The Morgan fingerprint density at radius 2 is 2.00 bits per heavy atom. The molecule has 7 nitrogen and oxygen atoms in total. The minimum absolute atomic E-state index is 0.0356. The summed E-state index contributed by atoms with van der Waals surface area (Å²) in [6, 6.07) is 2.34. The van der Waals surface area contributed by atoms with Gasteiger partial charge in [0.25, 0.3) is 0 Å². The van der Waals surface area contributed by atoms with Crippen LogP contribution in [0.1, 0.15) is 63.1 Å². The molecule has 3 heterocycles. The van der Waals surface area contributed by atoms with E-state index in [-0.39, 0.29) is 11.9 Å². The molecular formula is C20H31N5O2. The zero-order valence-corrected chi connectivity index (χ0v) is 16.3. The van der Waals surface area contributed by atoms with Gasteiger partial charge < -0.3 is 9.80 Å². The van der Waals surface area contributed by atoms with E-state index >= 15 is 0 Å². The number of urea groups is 1. The molecule has 0 bridgehead atoms. The van der Waals surface area contributed by atoms with E-state index in [9.17, 15) is 9.59 Å². The molecular weight excluding hydrogens is 342 g/mol. The zero-order chi connectivity index (χ0) is 18.8. The summed E-state index contributed by atoms with van der Waals surface area (Å²) in [5.41, 5.74) is 0.946. The van der Waals surface area contributed by atoms with Crippen molar-refractivity contribution < 1.29 is 9.59 Å². The van der Waals surface area contributed by atoms with Crippen molar-refractivity contribution in [1.29, 1.82) is 0 Å². The number of anilines is 1. The number of aryl methyl sites for hydroxylation is 1. The zero-order valence-electron chi connectivity index (χ0n) is 16.3. The van der Waals surface area contributed by atoms with Gasteiger partial charge in [-0.25, -0.2) is 9.48 Å². The molecule has 2 saturated heterocycles. The monoisotopic (exact) mass is 373 g/mol. The number of carbonyl (C=O) groups excluding carboxylic acids is 2. The van der Waals surface area contributed by atoms with Crippen LogP contribution in [0.25, 0.3) is 0 Å². The van der Waals surface area contributed by atoms with Gasteiger partial charge in [-0.1, -0.05) is 12.8 Å². The molecule has 7 heteroatoms. The lowest BCUT2D eigenvalue weighted by atomic mass is 9.98. The van der Waals surface area contributed by atoms with E-state index in [1.165, 1.54) is 12.8 Å². The van der Waals surface area contributed by atoms with Gasteiger partial charge in [-0.05, 0) is 44.9 Å². The summed E-state index contributed by atoms with van der Waals surface area (Å²) in [5, 5.41) is 7.73. The highest BCUT2D eigenvalue weighted by Crippen LogP contribution is 2.32. The normalized spacial score (nSPS) is 24.0. The molecule has 1 aliphatic carbocycles. The summed E-state index contributed by atoms with van der Waals surface area (Å²) < 4.78 is 2.02. The molecule has 0 unspecified atom stereocenters. The van der Waals surface area contributed by atoms with Gasteiger partial charge in [0.05, 0.1) is 11.7 Å².